The average molecular weight is 354 g/mol. The molecule has 2 rings (SSSR count). The summed E-state index contributed by atoms with van der Waals surface area (Å²) in [4.78, 5) is 0. The van der Waals surface area contributed by atoms with E-state index in [-0.39, 0.29) is 5.82 Å². The predicted octanol–water partition coefficient (Wildman–Crippen LogP) is 4.75. The zero-order chi connectivity index (χ0) is 12.3. The van der Waals surface area contributed by atoms with Gasteiger partial charge in [0, 0.05) is 20.1 Å². The molecule has 0 heterocycles. The van der Waals surface area contributed by atoms with Crippen molar-refractivity contribution in [1.82, 2.24) is 0 Å². The quantitative estimate of drug-likeness (QED) is 0.599. The third kappa shape index (κ3) is 3.18. The highest BCUT2D eigenvalue weighted by Gasteiger charge is 1.98. The highest BCUT2D eigenvalue weighted by atomic mass is 79.9. The van der Waals surface area contributed by atoms with Crippen molar-refractivity contribution < 1.29 is 4.39 Å². The summed E-state index contributed by atoms with van der Waals surface area (Å²) < 4.78 is 14.8. The lowest BCUT2D eigenvalue weighted by molar-refractivity contribution is 0.627. The Morgan fingerprint density at radius 3 is 2.24 bits per heavy atom. The Bertz CT molecular complexity index is 609. The Morgan fingerprint density at radius 1 is 0.824 bits per heavy atom. The van der Waals surface area contributed by atoms with Crippen LogP contribution in [0, 0.1) is 17.7 Å². The van der Waals surface area contributed by atoms with E-state index in [2.05, 4.69) is 43.7 Å². The van der Waals surface area contributed by atoms with Gasteiger partial charge in [-0.25, -0.2) is 4.39 Å². The molecule has 0 N–H and O–H groups in total. The fourth-order valence-corrected chi connectivity index (χ4v) is 2.02. The van der Waals surface area contributed by atoms with E-state index in [4.69, 9.17) is 0 Å². The number of hydrogen-bond donors (Lipinski definition) is 0. The molecule has 0 amide bonds. The van der Waals surface area contributed by atoms with Gasteiger partial charge >= 0.3 is 0 Å². The summed E-state index contributed by atoms with van der Waals surface area (Å²) >= 11 is 6.76. The molecule has 84 valence electrons. The van der Waals surface area contributed by atoms with Gasteiger partial charge in [-0.3, -0.25) is 0 Å². The van der Waals surface area contributed by atoms with Crippen molar-refractivity contribution in [3.63, 3.8) is 0 Å². The molecule has 0 aliphatic carbocycles. The van der Waals surface area contributed by atoms with Crippen molar-refractivity contribution in [2.24, 2.45) is 0 Å². The summed E-state index contributed by atoms with van der Waals surface area (Å²) in [5, 5.41) is 0. The van der Waals surface area contributed by atoms with Gasteiger partial charge in [0.1, 0.15) is 5.82 Å². The smallest absolute Gasteiger partial charge is 0.124 e. The fraction of sp³-hybridized carbons (Fsp3) is 0. The van der Waals surface area contributed by atoms with Crippen LogP contribution in [0.1, 0.15) is 11.1 Å². The molecule has 2 aromatic carbocycles. The van der Waals surface area contributed by atoms with Gasteiger partial charge in [0.25, 0.3) is 0 Å². The molecular weight excluding hydrogens is 347 g/mol. The van der Waals surface area contributed by atoms with Crippen LogP contribution in [-0.4, -0.2) is 0 Å². The Morgan fingerprint density at radius 2 is 1.47 bits per heavy atom. The Kier molecular flexibility index (Phi) is 3.98. The summed E-state index contributed by atoms with van der Waals surface area (Å²) in [5.74, 6) is 5.66. The highest BCUT2D eigenvalue weighted by molar-refractivity contribution is 9.10. The second-order valence-electron chi connectivity index (χ2n) is 3.35. The standard InChI is InChI=1S/C14H7Br2F/c15-13-4-2-1-3-10(13)5-6-11-9-12(17)7-8-14(11)16/h1-4,7-9H. The molecule has 0 nitrogen and oxygen atoms in total. The lowest BCUT2D eigenvalue weighted by Gasteiger charge is -1.96. The normalized spacial score (nSPS) is 9.59. The summed E-state index contributed by atoms with van der Waals surface area (Å²) in [5.41, 5.74) is 1.52. The van der Waals surface area contributed by atoms with E-state index < -0.39 is 0 Å². The molecular formula is C14H7Br2F. The van der Waals surface area contributed by atoms with Crippen LogP contribution in [0.15, 0.2) is 51.4 Å². The zero-order valence-corrected chi connectivity index (χ0v) is 11.8. The summed E-state index contributed by atoms with van der Waals surface area (Å²) in [6, 6.07) is 12.1. The third-order valence-corrected chi connectivity index (χ3v) is 3.52. The van der Waals surface area contributed by atoms with E-state index >= 15 is 0 Å². The second-order valence-corrected chi connectivity index (χ2v) is 5.06. The number of halogens is 3. The Labute approximate surface area is 116 Å². The van der Waals surface area contributed by atoms with Crippen LogP contribution in [0.4, 0.5) is 4.39 Å². The molecule has 0 spiro atoms. The topological polar surface area (TPSA) is 0 Å². The van der Waals surface area contributed by atoms with Crippen LogP contribution < -0.4 is 0 Å². The largest absolute Gasteiger partial charge is 0.207 e. The minimum absolute atomic E-state index is 0.287. The minimum atomic E-state index is -0.287. The zero-order valence-electron chi connectivity index (χ0n) is 8.68. The van der Waals surface area contributed by atoms with Crippen LogP contribution in [0.2, 0.25) is 0 Å². The Hall–Kier alpha value is -1.11. The van der Waals surface area contributed by atoms with Crippen LogP contribution in [0.5, 0.6) is 0 Å². The second kappa shape index (κ2) is 5.48. The van der Waals surface area contributed by atoms with Crippen LogP contribution in [0.25, 0.3) is 0 Å². The molecule has 0 aliphatic rings. The third-order valence-electron chi connectivity index (χ3n) is 2.13. The first-order valence-electron chi connectivity index (χ1n) is 4.88. The monoisotopic (exact) mass is 352 g/mol. The van der Waals surface area contributed by atoms with E-state index in [0.717, 1.165) is 14.5 Å². The minimum Gasteiger partial charge on any atom is -0.207 e. The van der Waals surface area contributed by atoms with E-state index in [9.17, 15) is 4.39 Å². The van der Waals surface area contributed by atoms with Crippen molar-refractivity contribution in [2.45, 2.75) is 0 Å². The molecule has 0 unspecified atom stereocenters. The summed E-state index contributed by atoms with van der Waals surface area (Å²) in [6.45, 7) is 0. The van der Waals surface area contributed by atoms with Crippen molar-refractivity contribution in [1.29, 1.82) is 0 Å². The van der Waals surface area contributed by atoms with Gasteiger partial charge in [0.15, 0.2) is 0 Å². The summed E-state index contributed by atoms with van der Waals surface area (Å²) in [6.07, 6.45) is 0. The Balaban J connectivity index is 2.40. The van der Waals surface area contributed by atoms with E-state index in [1.54, 1.807) is 6.07 Å². The lowest BCUT2D eigenvalue weighted by Crippen LogP contribution is -1.82. The maximum atomic E-state index is 13.1. The molecule has 0 atom stereocenters. The molecule has 0 saturated carbocycles. The molecule has 17 heavy (non-hydrogen) atoms. The van der Waals surface area contributed by atoms with Gasteiger partial charge in [-0.1, -0.05) is 24.0 Å². The van der Waals surface area contributed by atoms with Crippen molar-refractivity contribution in [3.8, 4) is 11.8 Å². The van der Waals surface area contributed by atoms with Gasteiger partial charge in [0.05, 0.1) is 0 Å². The summed E-state index contributed by atoms with van der Waals surface area (Å²) in [7, 11) is 0. The molecule has 0 radical (unpaired) electrons. The van der Waals surface area contributed by atoms with Gasteiger partial charge < -0.3 is 0 Å². The van der Waals surface area contributed by atoms with Gasteiger partial charge in [-0.05, 0) is 62.2 Å². The number of hydrogen-bond acceptors (Lipinski definition) is 0. The van der Waals surface area contributed by atoms with Crippen LogP contribution in [-0.2, 0) is 0 Å². The maximum absolute atomic E-state index is 13.1. The van der Waals surface area contributed by atoms with Crippen molar-refractivity contribution in [2.75, 3.05) is 0 Å². The molecule has 0 aromatic heterocycles. The molecule has 0 aliphatic heterocycles. The lowest BCUT2D eigenvalue weighted by atomic mass is 10.2. The SMILES string of the molecule is Fc1ccc(Br)c(C#Cc2ccccc2Br)c1. The molecule has 2 aromatic rings. The van der Waals surface area contributed by atoms with Gasteiger partial charge in [-0.15, -0.1) is 0 Å². The van der Waals surface area contributed by atoms with E-state index in [1.165, 1.54) is 12.1 Å². The first-order chi connectivity index (χ1) is 8.16. The molecule has 0 saturated heterocycles. The first kappa shape index (κ1) is 12.3. The van der Waals surface area contributed by atoms with Crippen molar-refractivity contribution >= 4 is 31.9 Å². The fourth-order valence-electron chi connectivity index (χ4n) is 1.29. The average Bonchev–Trinajstić information content (AvgIpc) is 2.32. The van der Waals surface area contributed by atoms with Crippen molar-refractivity contribution in [3.05, 3.63) is 68.4 Å². The predicted molar refractivity (Wildman–Crippen MR) is 74.2 cm³/mol. The van der Waals surface area contributed by atoms with E-state index in [0.29, 0.717) is 5.56 Å². The highest BCUT2D eigenvalue weighted by Crippen LogP contribution is 2.18. The van der Waals surface area contributed by atoms with Gasteiger partial charge in [-0.2, -0.15) is 0 Å². The van der Waals surface area contributed by atoms with Gasteiger partial charge in [0.2, 0.25) is 0 Å². The molecule has 3 heteroatoms. The number of benzene rings is 2. The van der Waals surface area contributed by atoms with E-state index in [1.807, 2.05) is 24.3 Å². The first-order valence-corrected chi connectivity index (χ1v) is 6.47. The molecule has 0 bridgehead atoms. The van der Waals surface area contributed by atoms with Crippen LogP contribution >= 0.6 is 31.9 Å². The maximum Gasteiger partial charge on any atom is 0.124 e. The molecule has 0 fully saturated rings. The van der Waals surface area contributed by atoms with Crippen LogP contribution in [0.3, 0.4) is 0 Å². The number of rotatable bonds is 0.